The maximum absolute atomic E-state index is 5.51. The van der Waals surface area contributed by atoms with Crippen molar-refractivity contribution in [1.29, 1.82) is 0 Å². The average molecular weight is 147 g/mol. The minimum Gasteiger partial charge on any atom is -0.310 e. The van der Waals surface area contributed by atoms with E-state index in [-0.39, 0.29) is 0 Å². The van der Waals surface area contributed by atoms with Gasteiger partial charge in [0, 0.05) is 0 Å². The summed E-state index contributed by atoms with van der Waals surface area (Å²) in [6.07, 6.45) is 1.32. The number of hydrogen-bond acceptors (Lipinski definition) is 5. The van der Waals surface area contributed by atoms with Gasteiger partial charge < -0.3 is 11.5 Å². The van der Waals surface area contributed by atoms with E-state index in [9.17, 15) is 0 Å². The van der Waals surface area contributed by atoms with Crippen molar-refractivity contribution in [1.82, 2.24) is 0 Å². The fourth-order valence-corrected chi connectivity index (χ4v) is 0.630. The van der Waals surface area contributed by atoms with Crippen molar-refractivity contribution in [2.75, 3.05) is 0 Å². The zero-order valence-corrected chi connectivity index (χ0v) is 6.30. The van der Waals surface area contributed by atoms with Crippen molar-refractivity contribution in [3.05, 3.63) is 0 Å². The van der Waals surface area contributed by atoms with E-state index in [0.29, 0.717) is 6.42 Å². The summed E-state index contributed by atoms with van der Waals surface area (Å²) < 4.78 is 0. The van der Waals surface area contributed by atoms with Crippen LogP contribution >= 0.6 is 0 Å². The fraction of sp³-hybridized carbons (Fsp3) is 1.00. The van der Waals surface area contributed by atoms with Gasteiger partial charge in [-0.3, -0.25) is 17.2 Å². The normalized spacial score (nSPS) is 13.8. The van der Waals surface area contributed by atoms with Gasteiger partial charge in [-0.05, 0) is 6.42 Å². The Morgan fingerprint density at radius 1 is 1.00 bits per heavy atom. The Morgan fingerprint density at radius 3 is 1.50 bits per heavy atom. The molecule has 0 aliphatic rings. The van der Waals surface area contributed by atoms with Gasteiger partial charge in [-0.15, -0.1) is 0 Å². The third-order valence-corrected chi connectivity index (χ3v) is 1.47. The van der Waals surface area contributed by atoms with Crippen molar-refractivity contribution >= 4 is 0 Å². The highest BCUT2D eigenvalue weighted by Crippen LogP contribution is 2.06. The predicted octanol–water partition coefficient (Wildman–Crippen LogP) is -2.07. The van der Waals surface area contributed by atoms with Gasteiger partial charge in [-0.1, -0.05) is 13.3 Å². The highest BCUT2D eigenvalue weighted by atomic mass is 15.2. The number of rotatable bonds is 3. The maximum atomic E-state index is 5.51. The maximum Gasteiger partial charge on any atom is 0.148 e. The Labute approximate surface area is 60.9 Å². The summed E-state index contributed by atoms with van der Waals surface area (Å²) >= 11 is 0. The summed E-state index contributed by atoms with van der Waals surface area (Å²) in [7, 11) is 0. The van der Waals surface area contributed by atoms with Crippen LogP contribution in [0.3, 0.4) is 0 Å². The molecule has 0 atom stereocenters. The molecule has 5 heteroatoms. The molecule has 0 saturated heterocycles. The molecule has 10 heavy (non-hydrogen) atoms. The zero-order valence-electron chi connectivity index (χ0n) is 6.30. The topological polar surface area (TPSA) is 130 Å². The molecule has 0 heterocycles. The first-order valence-electron chi connectivity index (χ1n) is 3.25. The van der Waals surface area contributed by atoms with Gasteiger partial charge in [0.25, 0.3) is 0 Å². The minimum absolute atomic E-state index is 0.510. The zero-order chi connectivity index (χ0) is 8.41. The molecule has 0 aliphatic heterocycles. The lowest BCUT2D eigenvalue weighted by Crippen LogP contribution is -2.80. The van der Waals surface area contributed by atoms with Crippen LogP contribution in [0.2, 0.25) is 0 Å². The summed E-state index contributed by atoms with van der Waals surface area (Å²) in [5, 5.41) is 0. The van der Waals surface area contributed by atoms with E-state index in [0.717, 1.165) is 6.42 Å². The lowest BCUT2D eigenvalue weighted by Gasteiger charge is -2.36. The van der Waals surface area contributed by atoms with Crippen LogP contribution in [0, 0.1) is 0 Å². The molecular weight excluding hydrogens is 130 g/mol. The quantitative estimate of drug-likeness (QED) is 0.293. The molecule has 0 saturated carbocycles. The van der Waals surface area contributed by atoms with Gasteiger partial charge in [0.2, 0.25) is 0 Å². The molecule has 0 amide bonds. The van der Waals surface area contributed by atoms with Gasteiger partial charge in [0.05, 0.1) is 0 Å². The van der Waals surface area contributed by atoms with Gasteiger partial charge in [-0.25, -0.2) is 0 Å². The lowest BCUT2D eigenvalue weighted by molar-refractivity contribution is 0.221. The molecule has 0 aromatic heterocycles. The summed E-state index contributed by atoms with van der Waals surface area (Å²) in [6.45, 7) is 1.93. The van der Waals surface area contributed by atoms with Gasteiger partial charge >= 0.3 is 0 Å². The smallest absolute Gasteiger partial charge is 0.148 e. The van der Waals surface area contributed by atoms with Gasteiger partial charge in [0.15, 0.2) is 0 Å². The van der Waals surface area contributed by atoms with E-state index in [1.165, 1.54) is 0 Å². The van der Waals surface area contributed by atoms with Gasteiger partial charge in [-0.2, -0.15) is 0 Å². The Hall–Kier alpha value is -0.200. The van der Waals surface area contributed by atoms with E-state index in [4.69, 9.17) is 28.7 Å². The third-order valence-electron chi connectivity index (χ3n) is 1.47. The molecule has 62 valence electrons. The molecule has 0 bridgehead atoms. The minimum atomic E-state index is -1.50. The summed E-state index contributed by atoms with van der Waals surface area (Å²) in [5.74, 6) is -1.50. The Balaban J connectivity index is 4.10. The number of nitrogens with two attached hydrogens (primary N) is 5. The van der Waals surface area contributed by atoms with Crippen LogP contribution in [0.1, 0.15) is 19.8 Å². The van der Waals surface area contributed by atoms with Crippen molar-refractivity contribution in [2.45, 2.75) is 31.2 Å². The van der Waals surface area contributed by atoms with E-state index >= 15 is 0 Å². The highest BCUT2D eigenvalue weighted by Gasteiger charge is 2.35. The van der Waals surface area contributed by atoms with Crippen molar-refractivity contribution in [3.63, 3.8) is 0 Å². The van der Waals surface area contributed by atoms with Crippen molar-refractivity contribution < 1.29 is 0 Å². The second kappa shape index (κ2) is 2.81. The Bertz CT molecular complexity index is 103. The first-order valence-corrected chi connectivity index (χ1v) is 3.25. The van der Waals surface area contributed by atoms with Crippen LogP contribution in [0.25, 0.3) is 0 Å². The summed E-state index contributed by atoms with van der Waals surface area (Å²) in [4.78, 5) is 0. The van der Waals surface area contributed by atoms with Crippen LogP contribution in [-0.2, 0) is 0 Å². The van der Waals surface area contributed by atoms with E-state index in [1.54, 1.807) is 0 Å². The average Bonchev–Trinajstić information content (AvgIpc) is 1.61. The molecule has 0 unspecified atom stereocenters. The van der Waals surface area contributed by atoms with E-state index in [1.807, 2.05) is 6.92 Å². The highest BCUT2D eigenvalue weighted by molar-refractivity contribution is 4.93. The van der Waals surface area contributed by atoms with Crippen molar-refractivity contribution in [3.8, 4) is 0 Å². The molecule has 5 nitrogen and oxygen atoms in total. The van der Waals surface area contributed by atoms with E-state index < -0.39 is 11.4 Å². The SMILES string of the molecule is CCCC(N)(N)C(N)(N)N. The molecule has 0 aromatic rings. The largest absolute Gasteiger partial charge is 0.310 e. The molecule has 10 N–H and O–H groups in total. The first-order chi connectivity index (χ1) is 4.31. The summed E-state index contributed by atoms with van der Waals surface area (Å²) in [6, 6.07) is 0. The molecule has 0 radical (unpaired) electrons. The van der Waals surface area contributed by atoms with Crippen LogP contribution in [0.15, 0.2) is 0 Å². The summed E-state index contributed by atoms with van der Waals surface area (Å²) in [5.41, 5.74) is 25.7. The number of hydrogen-bond donors (Lipinski definition) is 5. The Morgan fingerprint density at radius 2 is 1.40 bits per heavy atom. The van der Waals surface area contributed by atoms with Crippen LogP contribution in [0.5, 0.6) is 0 Å². The van der Waals surface area contributed by atoms with Gasteiger partial charge in [0.1, 0.15) is 11.4 Å². The monoisotopic (exact) mass is 147 g/mol. The van der Waals surface area contributed by atoms with Crippen LogP contribution < -0.4 is 28.7 Å². The second-order valence-electron chi connectivity index (χ2n) is 2.72. The van der Waals surface area contributed by atoms with Crippen molar-refractivity contribution in [2.24, 2.45) is 28.7 Å². The molecule has 0 spiro atoms. The molecule has 0 aromatic carbocycles. The Kier molecular flexibility index (Phi) is 2.76. The van der Waals surface area contributed by atoms with Crippen LogP contribution in [0.4, 0.5) is 0 Å². The second-order valence-corrected chi connectivity index (χ2v) is 2.72. The predicted molar refractivity (Wildman–Crippen MR) is 41.3 cm³/mol. The molecule has 0 aliphatic carbocycles. The van der Waals surface area contributed by atoms with E-state index in [2.05, 4.69) is 0 Å². The standard InChI is InChI=1S/C5H17N5/c1-2-3-4(6,7)5(8,9)10/h2-3,6-10H2,1H3. The fourth-order valence-electron chi connectivity index (χ4n) is 0.630. The van der Waals surface area contributed by atoms with Crippen LogP contribution in [-0.4, -0.2) is 11.4 Å². The molecular formula is C5H17N5. The lowest BCUT2D eigenvalue weighted by atomic mass is 9.99. The first kappa shape index (κ1) is 9.80. The molecule has 0 fully saturated rings. The third kappa shape index (κ3) is 2.20. The molecule has 0 rings (SSSR count).